The van der Waals surface area contributed by atoms with Crippen molar-refractivity contribution in [1.82, 2.24) is 0 Å². The van der Waals surface area contributed by atoms with Crippen molar-refractivity contribution in [3.63, 3.8) is 0 Å². The Balaban J connectivity index is 2.09. The summed E-state index contributed by atoms with van der Waals surface area (Å²) in [4.78, 5) is 12.3. The van der Waals surface area contributed by atoms with Gasteiger partial charge in [-0.05, 0) is 43.2 Å². The number of benzene rings is 2. The monoisotopic (exact) mass is 306 g/mol. The second-order valence-corrected chi connectivity index (χ2v) is 6.30. The highest BCUT2D eigenvalue weighted by atomic mass is 35.5. The molecule has 104 valence electrons. The molecule has 2 aromatic rings. The van der Waals surface area contributed by atoms with Gasteiger partial charge in [-0.3, -0.25) is 4.79 Å². The van der Waals surface area contributed by atoms with Gasteiger partial charge in [-0.15, -0.1) is 11.8 Å². The summed E-state index contributed by atoms with van der Waals surface area (Å²) in [5.74, 6) is -0.800. The first kappa shape index (κ1) is 14.9. The molecule has 4 heteroatoms. The van der Waals surface area contributed by atoms with Crippen LogP contribution < -0.4 is 0 Å². The molecule has 0 amide bonds. The van der Waals surface area contributed by atoms with Crippen molar-refractivity contribution in [2.75, 3.05) is 0 Å². The molecule has 1 atom stereocenters. The molecule has 0 saturated carbocycles. The van der Waals surface area contributed by atoms with Crippen LogP contribution in [0, 0.1) is 6.92 Å². The van der Waals surface area contributed by atoms with Gasteiger partial charge in [0.1, 0.15) is 5.25 Å². The van der Waals surface area contributed by atoms with E-state index >= 15 is 0 Å². The third-order valence-electron chi connectivity index (χ3n) is 2.91. The van der Waals surface area contributed by atoms with Crippen LogP contribution in [-0.4, -0.2) is 16.3 Å². The fourth-order valence-electron chi connectivity index (χ4n) is 1.80. The zero-order chi connectivity index (χ0) is 14.5. The molecule has 0 radical (unpaired) electrons. The lowest BCUT2D eigenvalue weighted by molar-refractivity contribution is -0.136. The van der Waals surface area contributed by atoms with Crippen molar-refractivity contribution in [3.8, 4) is 0 Å². The SMILES string of the molecule is Cc1ccc(CC(Sc2ccc(Cl)cc2)C(=O)O)cc1. The van der Waals surface area contributed by atoms with Crippen LogP contribution in [0.1, 0.15) is 11.1 Å². The Kier molecular flexibility index (Phi) is 5.10. The number of carboxylic acid groups (broad SMARTS) is 1. The van der Waals surface area contributed by atoms with Crippen LogP contribution in [-0.2, 0) is 11.2 Å². The lowest BCUT2D eigenvalue weighted by atomic mass is 10.1. The van der Waals surface area contributed by atoms with E-state index in [2.05, 4.69) is 0 Å². The number of aryl methyl sites for hydroxylation is 1. The minimum Gasteiger partial charge on any atom is -0.480 e. The zero-order valence-corrected chi connectivity index (χ0v) is 12.6. The minimum absolute atomic E-state index is 0.501. The molecular formula is C16H15ClO2S. The smallest absolute Gasteiger partial charge is 0.317 e. The Morgan fingerprint density at radius 3 is 2.30 bits per heavy atom. The third kappa shape index (κ3) is 4.29. The van der Waals surface area contributed by atoms with E-state index in [1.54, 1.807) is 12.1 Å². The summed E-state index contributed by atoms with van der Waals surface area (Å²) in [7, 11) is 0. The summed E-state index contributed by atoms with van der Waals surface area (Å²) in [6.45, 7) is 2.01. The number of halogens is 1. The van der Waals surface area contributed by atoms with E-state index in [1.165, 1.54) is 17.3 Å². The maximum absolute atomic E-state index is 11.4. The molecular weight excluding hydrogens is 292 g/mol. The number of thioether (sulfide) groups is 1. The van der Waals surface area contributed by atoms with Crippen molar-refractivity contribution in [3.05, 3.63) is 64.7 Å². The van der Waals surface area contributed by atoms with Gasteiger partial charge in [-0.2, -0.15) is 0 Å². The first-order valence-electron chi connectivity index (χ1n) is 6.25. The molecule has 2 nitrogen and oxygen atoms in total. The minimum atomic E-state index is -0.800. The standard InChI is InChI=1S/C16H15ClO2S/c1-11-2-4-12(5-3-11)10-15(16(18)19)20-14-8-6-13(17)7-9-14/h2-9,15H,10H2,1H3,(H,18,19). The van der Waals surface area contributed by atoms with Crippen LogP contribution in [0.3, 0.4) is 0 Å². The average Bonchev–Trinajstić information content (AvgIpc) is 2.42. The van der Waals surface area contributed by atoms with Crippen LogP contribution in [0.2, 0.25) is 5.02 Å². The number of carboxylic acids is 1. The normalized spacial score (nSPS) is 12.1. The largest absolute Gasteiger partial charge is 0.480 e. The maximum atomic E-state index is 11.4. The van der Waals surface area contributed by atoms with E-state index in [0.29, 0.717) is 11.4 Å². The van der Waals surface area contributed by atoms with E-state index in [0.717, 1.165) is 10.5 Å². The second kappa shape index (κ2) is 6.82. The quantitative estimate of drug-likeness (QED) is 0.830. The summed E-state index contributed by atoms with van der Waals surface area (Å²) < 4.78 is 0. The number of aliphatic carboxylic acids is 1. The molecule has 1 unspecified atom stereocenters. The number of rotatable bonds is 5. The van der Waals surface area contributed by atoms with Gasteiger partial charge in [0.15, 0.2) is 0 Å². The zero-order valence-electron chi connectivity index (χ0n) is 11.0. The predicted octanol–water partition coefficient (Wildman–Crippen LogP) is 4.44. The van der Waals surface area contributed by atoms with Crippen molar-refractivity contribution in [2.45, 2.75) is 23.5 Å². The molecule has 2 aromatic carbocycles. The van der Waals surface area contributed by atoms with E-state index in [-0.39, 0.29) is 0 Å². The Morgan fingerprint density at radius 2 is 1.75 bits per heavy atom. The number of hydrogen-bond acceptors (Lipinski definition) is 2. The maximum Gasteiger partial charge on any atom is 0.317 e. The highest BCUT2D eigenvalue weighted by Crippen LogP contribution is 2.27. The van der Waals surface area contributed by atoms with Crippen molar-refractivity contribution in [1.29, 1.82) is 0 Å². The van der Waals surface area contributed by atoms with E-state index < -0.39 is 11.2 Å². The van der Waals surface area contributed by atoms with Crippen molar-refractivity contribution in [2.24, 2.45) is 0 Å². The molecule has 0 aliphatic carbocycles. The third-order valence-corrected chi connectivity index (χ3v) is 4.36. The highest BCUT2D eigenvalue weighted by molar-refractivity contribution is 8.00. The van der Waals surface area contributed by atoms with Gasteiger partial charge in [0, 0.05) is 9.92 Å². The van der Waals surface area contributed by atoms with E-state index in [1.807, 2.05) is 43.3 Å². The molecule has 0 saturated heterocycles. The van der Waals surface area contributed by atoms with E-state index in [4.69, 9.17) is 11.6 Å². The van der Waals surface area contributed by atoms with Crippen LogP contribution in [0.5, 0.6) is 0 Å². The van der Waals surface area contributed by atoms with Crippen LogP contribution in [0.15, 0.2) is 53.4 Å². The Morgan fingerprint density at radius 1 is 1.15 bits per heavy atom. The van der Waals surface area contributed by atoms with Gasteiger partial charge >= 0.3 is 5.97 Å². The number of carbonyl (C=O) groups is 1. The Hall–Kier alpha value is -1.45. The van der Waals surface area contributed by atoms with Crippen LogP contribution >= 0.6 is 23.4 Å². The summed E-state index contributed by atoms with van der Waals surface area (Å²) in [5, 5.41) is 9.51. The molecule has 20 heavy (non-hydrogen) atoms. The van der Waals surface area contributed by atoms with Gasteiger partial charge < -0.3 is 5.11 Å². The lowest BCUT2D eigenvalue weighted by Gasteiger charge is -2.12. The fourth-order valence-corrected chi connectivity index (χ4v) is 2.92. The van der Waals surface area contributed by atoms with E-state index in [9.17, 15) is 9.90 Å². The Bertz CT molecular complexity index is 531. The molecule has 0 spiro atoms. The molecule has 0 aromatic heterocycles. The lowest BCUT2D eigenvalue weighted by Crippen LogP contribution is -2.19. The first-order valence-corrected chi connectivity index (χ1v) is 7.51. The predicted molar refractivity (Wildman–Crippen MR) is 83.6 cm³/mol. The first-order chi connectivity index (χ1) is 9.54. The molecule has 0 heterocycles. The summed E-state index contributed by atoms with van der Waals surface area (Å²) in [5.41, 5.74) is 2.20. The summed E-state index contributed by atoms with van der Waals surface area (Å²) in [6, 6.07) is 15.2. The molecule has 0 aliphatic heterocycles. The molecule has 0 fully saturated rings. The van der Waals surface area contributed by atoms with Gasteiger partial charge in [-0.1, -0.05) is 41.4 Å². The highest BCUT2D eigenvalue weighted by Gasteiger charge is 2.19. The van der Waals surface area contributed by atoms with Crippen molar-refractivity contribution >= 4 is 29.3 Å². The van der Waals surface area contributed by atoms with Gasteiger partial charge in [0.2, 0.25) is 0 Å². The number of hydrogen-bond donors (Lipinski definition) is 1. The van der Waals surface area contributed by atoms with Crippen molar-refractivity contribution < 1.29 is 9.90 Å². The van der Waals surface area contributed by atoms with Gasteiger partial charge in [-0.25, -0.2) is 0 Å². The second-order valence-electron chi connectivity index (χ2n) is 4.59. The molecule has 1 N–H and O–H groups in total. The Labute approximate surface area is 127 Å². The molecule has 2 rings (SSSR count). The van der Waals surface area contributed by atoms with Gasteiger partial charge in [0.25, 0.3) is 0 Å². The summed E-state index contributed by atoms with van der Waals surface area (Å²) >= 11 is 7.18. The fraction of sp³-hybridized carbons (Fsp3) is 0.188. The van der Waals surface area contributed by atoms with Crippen LogP contribution in [0.25, 0.3) is 0 Å². The van der Waals surface area contributed by atoms with Gasteiger partial charge in [0.05, 0.1) is 0 Å². The molecule has 0 bridgehead atoms. The molecule has 0 aliphatic rings. The van der Waals surface area contributed by atoms with Crippen LogP contribution in [0.4, 0.5) is 0 Å². The topological polar surface area (TPSA) is 37.3 Å². The average molecular weight is 307 g/mol. The summed E-state index contributed by atoms with van der Waals surface area (Å²) in [6.07, 6.45) is 0.503.